The number of carbonyl (C=O) groups excluding carboxylic acids is 1. The molecule has 3 heterocycles. The summed E-state index contributed by atoms with van der Waals surface area (Å²) in [6.07, 6.45) is 4.01. The molecule has 9 heteroatoms. The predicted molar refractivity (Wildman–Crippen MR) is 115 cm³/mol. The number of nitrogens with two attached hydrogens (primary N) is 1. The molecule has 5 rings (SSSR count). The van der Waals surface area contributed by atoms with Gasteiger partial charge in [0.05, 0.1) is 23.2 Å². The van der Waals surface area contributed by atoms with Gasteiger partial charge >= 0.3 is 5.97 Å². The van der Waals surface area contributed by atoms with Crippen molar-refractivity contribution in [1.29, 1.82) is 5.26 Å². The van der Waals surface area contributed by atoms with Gasteiger partial charge < -0.3 is 24.7 Å². The van der Waals surface area contributed by atoms with Gasteiger partial charge in [0.15, 0.2) is 0 Å². The molecule has 0 radical (unpaired) electrons. The molecule has 1 aromatic heterocycles. The summed E-state index contributed by atoms with van der Waals surface area (Å²) in [4.78, 5) is 27.3. The summed E-state index contributed by atoms with van der Waals surface area (Å²) in [6.45, 7) is 3.64. The van der Waals surface area contributed by atoms with Crippen LogP contribution in [0.25, 0.3) is 10.9 Å². The van der Waals surface area contributed by atoms with E-state index in [4.69, 9.17) is 15.2 Å². The summed E-state index contributed by atoms with van der Waals surface area (Å²) in [5, 5.41) is 10.1. The number of nitriles is 1. The third kappa shape index (κ3) is 3.01. The first kappa shape index (κ1) is 20.9. The molecule has 168 valence electrons. The molecule has 2 N–H and O–H groups in total. The molecule has 2 atom stereocenters. The molecule has 8 nitrogen and oxygen atoms in total. The number of nitrogens with zero attached hydrogens (tertiary/aromatic N) is 3. The van der Waals surface area contributed by atoms with Gasteiger partial charge in [-0.25, -0.2) is 9.18 Å². The van der Waals surface area contributed by atoms with Crippen LogP contribution in [0.3, 0.4) is 0 Å². The molecule has 1 saturated carbocycles. The van der Waals surface area contributed by atoms with Crippen molar-refractivity contribution in [3.05, 3.63) is 39.4 Å². The minimum absolute atomic E-state index is 0.0180. The number of rotatable bonds is 5. The lowest BCUT2D eigenvalue weighted by Gasteiger charge is -2.28. The number of carbonyl (C=O) groups is 1. The van der Waals surface area contributed by atoms with Crippen molar-refractivity contribution in [2.75, 3.05) is 37.7 Å². The van der Waals surface area contributed by atoms with Crippen LogP contribution < -0.4 is 16.1 Å². The molecule has 2 unspecified atom stereocenters. The average Bonchev–Trinajstić information content (AvgIpc) is 3.45. The van der Waals surface area contributed by atoms with Crippen LogP contribution in [0.1, 0.15) is 48.1 Å². The lowest BCUT2D eigenvalue weighted by atomic mass is 9.91. The second-order valence-corrected chi connectivity index (χ2v) is 8.80. The Morgan fingerprint density at radius 1 is 1.44 bits per heavy atom. The quantitative estimate of drug-likeness (QED) is 0.709. The molecule has 2 saturated heterocycles. The number of fused-ring (bicyclic) bond motifs is 2. The Morgan fingerprint density at radius 2 is 2.22 bits per heavy atom. The molecule has 1 aliphatic carbocycles. The number of ether oxygens (including phenoxy) is 2. The van der Waals surface area contributed by atoms with Gasteiger partial charge in [0.25, 0.3) is 0 Å². The van der Waals surface area contributed by atoms with Crippen molar-refractivity contribution in [3.8, 4) is 6.07 Å². The van der Waals surface area contributed by atoms with Crippen molar-refractivity contribution in [3.63, 3.8) is 0 Å². The summed E-state index contributed by atoms with van der Waals surface area (Å²) in [5.74, 6) is -1.25. The first-order valence-electron chi connectivity index (χ1n) is 11.0. The predicted octanol–water partition coefficient (Wildman–Crippen LogP) is 2.08. The van der Waals surface area contributed by atoms with Gasteiger partial charge in [-0.15, -0.1) is 0 Å². The summed E-state index contributed by atoms with van der Waals surface area (Å²) in [5.41, 5.74) is 5.33. The fourth-order valence-corrected chi connectivity index (χ4v) is 5.22. The lowest BCUT2D eigenvalue weighted by Crippen LogP contribution is -2.44. The van der Waals surface area contributed by atoms with E-state index in [1.54, 1.807) is 11.5 Å². The van der Waals surface area contributed by atoms with Gasteiger partial charge in [-0.3, -0.25) is 4.79 Å². The smallest absolute Gasteiger partial charge is 0.343 e. The van der Waals surface area contributed by atoms with Gasteiger partial charge in [-0.2, -0.15) is 5.26 Å². The van der Waals surface area contributed by atoms with Crippen LogP contribution >= 0.6 is 0 Å². The zero-order valence-electron chi connectivity index (χ0n) is 17.9. The van der Waals surface area contributed by atoms with Crippen LogP contribution in [0.15, 0.2) is 17.1 Å². The van der Waals surface area contributed by atoms with E-state index in [1.807, 2.05) is 4.90 Å². The molecule has 0 bridgehead atoms. The highest BCUT2D eigenvalue weighted by molar-refractivity contribution is 5.97. The fraction of sp³-hybridized carbons (Fsp3) is 0.522. The summed E-state index contributed by atoms with van der Waals surface area (Å²) in [7, 11) is 0. The van der Waals surface area contributed by atoms with E-state index in [0.29, 0.717) is 31.8 Å². The first-order valence-corrected chi connectivity index (χ1v) is 11.0. The Balaban J connectivity index is 1.72. The lowest BCUT2D eigenvalue weighted by molar-refractivity contribution is 0.0126. The van der Waals surface area contributed by atoms with Gasteiger partial charge in [0.2, 0.25) is 5.43 Å². The minimum Gasteiger partial charge on any atom is -0.462 e. The molecular formula is C23H25FN4O4. The van der Waals surface area contributed by atoms with Crippen LogP contribution in [0.2, 0.25) is 0 Å². The highest BCUT2D eigenvalue weighted by atomic mass is 19.1. The summed E-state index contributed by atoms with van der Waals surface area (Å²) >= 11 is 0. The number of halogens is 1. The van der Waals surface area contributed by atoms with Crippen molar-refractivity contribution in [2.24, 2.45) is 11.7 Å². The maximum Gasteiger partial charge on any atom is 0.343 e. The van der Waals surface area contributed by atoms with Crippen LogP contribution in [0.4, 0.5) is 10.1 Å². The third-order valence-corrected chi connectivity index (χ3v) is 6.95. The maximum absolute atomic E-state index is 15.5. The zero-order chi connectivity index (χ0) is 22.6. The van der Waals surface area contributed by atoms with E-state index in [0.717, 1.165) is 25.3 Å². The van der Waals surface area contributed by atoms with E-state index in [-0.39, 0.29) is 40.8 Å². The molecular weight excluding hydrogens is 415 g/mol. The van der Waals surface area contributed by atoms with Gasteiger partial charge in [-0.1, -0.05) is 0 Å². The number of benzene rings is 1. The molecule has 3 fully saturated rings. The summed E-state index contributed by atoms with van der Waals surface area (Å²) in [6, 6.07) is 3.35. The average molecular weight is 440 g/mol. The highest BCUT2D eigenvalue weighted by Crippen LogP contribution is 2.44. The molecule has 32 heavy (non-hydrogen) atoms. The Hall–Kier alpha value is -2.96. The maximum atomic E-state index is 15.5. The van der Waals surface area contributed by atoms with Crippen molar-refractivity contribution < 1.29 is 18.7 Å². The molecule has 3 aliphatic rings. The normalized spacial score (nSPS) is 24.6. The SMILES string of the molecule is CCOC(=O)c1cn(C2CC2)c2c(C#N)c(N3CC4CCOC4(CN)C3)c(F)cc2c1=O. The second-order valence-electron chi connectivity index (χ2n) is 8.80. The van der Waals surface area contributed by atoms with Gasteiger partial charge in [0, 0.05) is 44.4 Å². The Labute approximate surface area is 184 Å². The van der Waals surface area contributed by atoms with Crippen LogP contribution in [-0.4, -0.2) is 49.0 Å². The largest absolute Gasteiger partial charge is 0.462 e. The van der Waals surface area contributed by atoms with E-state index >= 15 is 4.39 Å². The Bertz CT molecular complexity index is 1220. The monoisotopic (exact) mass is 440 g/mol. The topological polar surface area (TPSA) is 111 Å². The molecule has 1 aromatic carbocycles. The Morgan fingerprint density at radius 3 is 2.84 bits per heavy atom. The van der Waals surface area contributed by atoms with Crippen LogP contribution in [0.5, 0.6) is 0 Å². The fourth-order valence-electron chi connectivity index (χ4n) is 5.22. The molecule has 0 spiro atoms. The van der Waals surface area contributed by atoms with Crippen LogP contribution in [0, 0.1) is 23.1 Å². The molecule has 0 amide bonds. The second kappa shape index (κ2) is 7.57. The summed E-state index contributed by atoms with van der Waals surface area (Å²) < 4.78 is 28.2. The van der Waals surface area contributed by atoms with Crippen molar-refractivity contribution in [1.82, 2.24) is 4.57 Å². The van der Waals surface area contributed by atoms with Gasteiger partial charge in [0.1, 0.15) is 28.6 Å². The standard InChI is InChI=1S/C23H25FN4O4/c1-2-31-22(30)17-10-28(14-3-4-14)19-15(21(17)29)7-18(24)20(16(19)8-25)27-9-13-5-6-32-23(13,11-26)12-27/h7,10,13-14H,2-6,9,11-12,26H2,1H3. The molecule has 2 aromatic rings. The van der Waals surface area contributed by atoms with Gasteiger partial charge in [-0.05, 0) is 32.3 Å². The Kier molecular flexibility index (Phi) is 4.95. The number of aromatic nitrogens is 1. The van der Waals surface area contributed by atoms with E-state index in [2.05, 4.69) is 6.07 Å². The molecule has 2 aliphatic heterocycles. The highest BCUT2D eigenvalue weighted by Gasteiger charge is 2.51. The number of hydrogen-bond donors (Lipinski definition) is 1. The van der Waals surface area contributed by atoms with Crippen molar-refractivity contribution >= 4 is 22.6 Å². The van der Waals surface area contributed by atoms with E-state index in [9.17, 15) is 14.9 Å². The van der Waals surface area contributed by atoms with Crippen LogP contribution in [-0.2, 0) is 9.47 Å². The third-order valence-electron chi connectivity index (χ3n) is 6.95. The minimum atomic E-state index is -0.744. The van der Waals surface area contributed by atoms with E-state index < -0.39 is 22.8 Å². The number of hydrogen-bond acceptors (Lipinski definition) is 7. The number of pyridine rings is 1. The first-order chi connectivity index (χ1) is 15.4. The number of esters is 1. The van der Waals surface area contributed by atoms with Crippen molar-refractivity contribution in [2.45, 2.75) is 37.8 Å². The zero-order valence-corrected chi connectivity index (χ0v) is 17.9. The van der Waals surface area contributed by atoms with E-state index in [1.165, 1.54) is 6.20 Å². The number of anilines is 1.